The lowest BCUT2D eigenvalue weighted by molar-refractivity contribution is 1.22. The maximum atomic E-state index is 5.22. The van der Waals surface area contributed by atoms with Gasteiger partial charge in [-0.3, -0.25) is 4.40 Å². The molecule has 8 aromatic rings. The third kappa shape index (κ3) is 4.72. The van der Waals surface area contributed by atoms with Gasteiger partial charge in [0.1, 0.15) is 5.65 Å². The predicted molar refractivity (Wildman–Crippen MR) is 194 cm³/mol. The predicted octanol–water partition coefficient (Wildman–Crippen LogP) is 10.3. The minimum Gasteiger partial charge on any atom is -0.292 e. The van der Waals surface area contributed by atoms with Crippen molar-refractivity contribution in [2.24, 2.45) is 0 Å². The van der Waals surface area contributed by atoms with Crippen molar-refractivity contribution in [1.29, 1.82) is 0 Å². The van der Waals surface area contributed by atoms with E-state index >= 15 is 0 Å². The van der Waals surface area contributed by atoms with Crippen molar-refractivity contribution in [2.45, 2.75) is 20.3 Å². The Morgan fingerprint density at radius 2 is 1.38 bits per heavy atom. The summed E-state index contributed by atoms with van der Waals surface area (Å²) in [7, 11) is -0.654. The summed E-state index contributed by atoms with van der Waals surface area (Å²) < 4.78 is 2.30. The smallest absolute Gasteiger partial charge is 0.147 e. The number of nitrogens with zero attached hydrogens (tertiary/aromatic N) is 3. The minimum atomic E-state index is -0.654. The molecule has 1 atom stereocenters. The topological polar surface area (TPSA) is 30.2 Å². The first kappa shape index (κ1) is 27.4. The second kappa shape index (κ2) is 11.4. The van der Waals surface area contributed by atoms with Crippen molar-refractivity contribution >= 4 is 67.9 Å². The molecule has 0 radical (unpaired) electrons. The second-order valence-corrected chi connectivity index (χ2v) is 13.5. The van der Waals surface area contributed by atoms with Crippen LogP contribution >= 0.6 is 7.92 Å². The summed E-state index contributed by atoms with van der Waals surface area (Å²) in [6, 6.07) is 45.9. The number of allylic oxidation sites excluding steroid dienone is 4. The normalized spacial score (nSPS) is 13.2. The molecule has 4 heteroatoms. The van der Waals surface area contributed by atoms with E-state index in [2.05, 4.69) is 164 Å². The number of fused-ring (bicyclic) bond motifs is 9. The van der Waals surface area contributed by atoms with Gasteiger partial charge in [0.2, 0.25) is 0 Å². The summed E-state index contributed by atoms with van der Waals surface area (Å²) in [5.41, 5.74) is 8.50. The molecular formula is C41H32N3P. The van der Waals surface area contributed by atoms with Gasteiger partial charge in [-0.15, -0.1) is 0 Å². The Morgan fingerprint density at radius 1 is 0.667 bits per heavy atom. The average molecular weight is 598 g/mol. The Hall–Kier alpha value is -5.11. The number of para-hydroxylation sites is 3. The number of pyridine rings is 2. The third-order valence-corrected chi connectivity index (χ3v) is 11.0. The fourth-order valence-electron chi connectivity index (χ4n) is 6.48. The third-order valence-electron chi connectivity index (χ3n) is 8.50. The van der Waals surface area contributed by atoms with E-state index in [9.17, 15) is 0 Å². The minimum absolute atomic E-state index is 0.654. The molecule has 5 aromatic carbocycles. The van der Waals surface area contributed by atoms with Crippen LogP contribution in [-0.4, -0.2) is 14.4 Å². The molecule has 0 fully saturated rings. The van der Waals surface area contributed by atoms with Crippen LogP contribution in [-0.2, 0) is 0 Å². The van der Waals surface area contributed by atoms with Gasteiger partial charge in [-0.25, -0.2) is 9.97 Å². The molecule has 3 aromatic heterocycles. The van der Waals surface area contributed by atoms with E-state index in [0.29, 0.717) is 0 Å². The van der Waals surface area contributed by atoms with Crippen molar-refractivity contribution in [2.75, 3.05) is 0 Å². The Bertz CT molecular complexity index is 2420. The van der Waals surface area contributed by atoms with Crippen molar-refractivity contribution in [3.63, 3.8) is 0 Å². The van der Waals surface area contributed by atoms with Crippen molar-refractivity contribution in [1.82, 2.24) is 14.4 Å². The van der Waals surface area contributed by atoms with Crippen LogP contribution in [0.3, 0.4) is 0 Å². The van der Waals surface area contributed by atoms with E-state index in [1.54, 1.807) is 0 Å². The highest BCUT2D eigenvalue weighted by atomic mass is 31.1. The molecule has 0 aliphatic rings. The SMILES string of the molecule is C/C=C\C(=C/CC)P(c1ccccc1)c1ccc(-c2ccc3c(c2)c2nc4ccccc4cc2c2nc4ccccc4n32)cc1. The second-order valence-electron chi connectivity index (χ2n) is 11.3. The van der Waals surface area contributed by atoms with Crippen molar-refractivity contribution in [3.8, 4) is 11.1 Å². The zero-order valence-electron chi connectivity index (χ0n) is 25.4. The van der Waals surface area contributed by atoms with Gasteiger partial charge in [0, 0.05) is 16.2 Å². The van der Waals surface area contributed by atoms with Gasteiger partial charge in [-0.2, -0.15) is 0 Å². The number of rotatable bonds is 6. The van der Waals surface area contributed by atoms with Crippen LogP contribution in [0, 0.1) is 0 Å². The van der Waals surface area contributed by atoms with Gasteiger partial charge >= 0.3 is 0 Å². The fourth-order valence-corrected chi connectivity index (χ4v) is 8.96. The van der Waals surface area contributed by atoms with Crippen LogP contribution in [0.4, 0.5) is 0 Å². The van der Waals surface area contributed by atoms with Crippen LogP contribution in [0.1, 0.15) is 20.3 Å². The lowest BCUT2D eigenvalue weighted by Gasteiger charge is -2.21. The summed E-state index contributed by atoms with van der Waals surface area (Å²) in [4.78, 5) is 10.3. The molecule has 0 spiro atoms. The molecule has 3 heterocycles. The molecule has 0 bridgehead atoms. The number of imidazole rings is 1. The van der Waals surface area contributed by atoms with E-state index in [4.69, 9.17) is 9.97 Å². The molecular weight excluding hydrogens is 565 g/mol. The Kier molecular flexibility index (Phi) is 6.97. The Balaban J connectivity index is 1.32. The molecule has 216 valence electrons. The lowest BCUT2D eigenvalue weighted by Crippen LogP contribution is -2.12. The fraction of sp³-hybridized carbons (Fsp3) is 0.0732. The Morgan fingerprint density at radius 3 is 2.18 bits per heavy atom. The van der Waals surface area contributed by atoms with E-state index in [-0.39, 0.29) is 0 Å². The first-order valence-corrected chi connectivity index (χ1v) is 16.9. The summed E-state index contributed by atoms with van der Waals surface area (Å²) >= 11 is 0. The van der Waals surface area contributed by atoms with E-state index in [1.165, 1.54) is 27.1 Å². The van der Waals surface area contributed by atoms with Gasteiger partial charge in [0.15, 0.2) is 0 Å². The monoisotopic (exact) mass is 597 g/mol. The molecule has 0 N–H and O–H groups in total. The highest BCUT2D eigenvalue weighted by molar-refractivity contribution is 7.77. The molecule has 0 aliphatic heterocycles. The molecule has 8 rings (SSSR count). The van der Waals surface area contributed by atoms with Crippen LogP contribution < -0.4 is 10.6 Å². The Labute approximate surface area is 264 Å². The van der Waals surface area contributed by atoms with E-state index in [0.717, 1.165) is 55.8 Å². The summed E-state index contributed by atoms with van der Waals surface area (Å²) in [6.07, 6.45) is 7.82. The van der Waals surface area contributed by atoms with Gasteiger partial charge in [-0.05, 0) is 84.7 Å². The summed E-state index contributed by atoms with van der Waals surface area (Å²) in [5.74, 6) is 0. The first-order chi connectivity index (χ1) is 22.2. The molecule has 0 amide bonds. The van der Waals surface area contributed by atoms with Crippen LogP contribution in [0.15, 0.2) is 151 Å². The molecule has 3 nitrogen and oxygen atoms in total. The average Bonchev–Trinajstić information content (AvgIpc) is 3.49. The largest absolute Gasteiger partial charge is 0.292 e. The molecule has 45 heavy (non-hydrogen) atoms. The first-order valence-electron chi connectivity index (χ1n) is 15.5. The standard InChI is InChI=1S/C41H32N3P/c1-3-12-31(13-4-2)45(32-15-6-5-7-16-32)33-23-20-28(21-24-33)29-22-25-38-34(26-29)40-35(27-30-14-8-9-17-36(30)42-40)41-43-37-18-10-11-19-39(37)44(38)41/h3,5-27H,4H2,1-2H3/b12-3-,31-13+. The zero-order chi connectivity index (χ0) is 30.3. The highest BCUT2D eigenvalue weighted by Crippen LogP contribution is 2.44. The number of hydrogen-bond acceptors (Lipinski definition) is 2. The van der Waals surface area contributed by atoms with Crippen LogP contribution in [0.2, 0.25) is 0 Å². The quantitative estimate of drug-likeness (QED) is 0.0826. The summed E-state index contributed by atoms with van der Waals surface area (Å²) in [5, 5.41) is 7.42. The molecule has 0 aliphatic carbocycles. The van der Waals surface area contributed by atoms with Gasteiger partial charge in [0.25, 0.3) is 0 Å². The van der Waals surface area contributed by atoms with Crippen molar-refractivity contribution < 1.29 is 0 Å². The maximum absolute atomic E-state index is 5.22. The molecule has 1 unspecified atom stereocenters. The van der Waals surface area contributed by atoms with Crippen LogP contribution in [0.5, 0.6) is 0 Å². The summed E-state index contributed by atoms with van der Waals surface area (Å²) in [6.45, 7) is 4.32. The number of benzene rings is 5. The van der Waals surface area contributed by atoms with Gasteiger partial charge < -0.3 is 0 Å². The highest BCUT2D eigenvalue weighted by Gasteiger charge is 2.19. The molecule has 0 saturated heterocycles. The lowest BCUT2D eigenvalue weighted by atomic mass is 10.0. The van der Waals surface area contributed by atoms with Gasteiger partial charge in [-0.1, -0.05) is 116 Å². The zero-order valence-corrected chi connectivity index (χ0v) is 26.2. The van der Waals surface area contributed by atoms with Crippen LogP contribution in [0.25, 0.3) is 60.5 Å². The van der Waals surface area contributed by atoms with Crippen molar-refractivity contribution in [3.05, 3.63) is 151 Å². The van der Waals surface area contributed by atoms with E-state index < -0.39 is 7.92 Å². The van der Waals surface area contributed by atoms with Gasteiger partial charge in [0.05, 0.1) is 27.6 Å². The molecule has 0 saturated carbocycles. The van der Waals surface area contributed by atoms with E-state index in [1.807, 2.05) is 0 Å². The maximum Gasteiger partial charge on any atom is 0.147 e. The number of aromatic nitrogens is 3. The number of hydrogen-bond donors (Lipinski definition) is 0.